The molecule has 0 aliphatic carbocycles. The van der Waals surface area contributed by atoms with Gasteiger partial charge in [0.2, 0.25) is 0 Å². The molecule has 5 nitrogen and oxygen atoms in total. The van der Waals surface area contributed by atoms with Crippen LogP contribution in [0.25, 0.3) is 28.0 Å². The van der Waals surface area contributed by atoms with Crippen LogP contribution in [0, 0.1) is 5.82 Å². The number of hydrogen-bond donors (Lipinski definition) is 0. The molecule has 4 aromatic rings. The second kappa shape index (κ2) is 5.00. The Kier molecular flexibility index (Phi) is 2.86. The average Bonchev–Trinajstić information content (AvgIpc) is 3.05. The molecule has 0 bridgehead atoms. The minimum atomic E-state index is -0.280. The van der Waals surface area contributed by atoms with E-state index in [1.54, 1.807) is 35.4 Å². The van der Waals surface area contributed by atoms with Crippen LogP contribution in [0.1, 0.15) is 0 Å². The molecule has 22 heavy (non-hydrogen) atoms. The lowest BCUT2D eigenvalue weighted by Gasteiger charge is -1.99. The highest BCUT2D eigenvalue weighted by Crippen LogP contribution is 2.21. The minimum Gasteiger partial charge on any atom is -0.253 e. The summed E-state index contributed by atoms with van der Waals surface area (Å²) in [5.74, 6) is -0.280. The van der Waals surface area contributed by atoms with E-state index in [0.29, 0.717) is 0 Å². The first-order valence-corrected chi connectivity index (χ1v) is 6.69. The van der Waals surface area contributed by atoms with Gasteiger partial charge < -0.3 is 0 Å². The molecule has 0 amide bonds. The highest BCUT2D eigenvalue weighted by atomic mass is 19.1. The van der Waals surface area contributed by atoms with Crippen molar-refractivity contribution in [1.82, 2.24) is 25.0 Å². The van der Waals surface area contributed by atoms with Crippen LogP contribution in [-0.2, 0) is 0 Å². The van der Waals surface area contributed by atoms with Crippen molar-refractivity contribution in [2.45, 2.75) is 0 Å². The van der Waals surface area contributed by atoms with Gasteiger partial charge in [-0.15, -0.1) is 5.10 Å². The Morgan fingerprint density at radius 2 is 1.64 bits per heavy atom. The molecule has 0 fully saturated rings. The van der Waals surface area contributed by atoms with Gasteiger partial charge in [0.1, 0.15) is 11.5 Å². The van der Waals surface area contributed by atoms with Crippen molar-refractivity contribution in [1.29, 1.82) is 0 Å². The SMILES string of the molecule is Fc1ccc(-n2cc(-c3ccc4nccnc4c3)nn2)cc1. The van der Waals surface area contributed by atoms with E-state index in [9.17, 15) is 4.39 Å². The van der Waals surface area contributed by atoms with Crippen LogP contribution in [0.5, 0.6) is 0 Å². The van der Waals surface area contributed by atoms with E-state index < -0.39 is 0 Å². The first kappa shape index (κ1) is 12.6. The Bertz CT molecular complexity index is 946. The maximum absolute atomic E-state index is 13.0. The summed E-state index contributed by atoms with van der Waals surface area (Å²) in [6.45, 7) is 0. The molecule has 2 heterocycles. The molecule has 0 unspecified atom stereocenters. The molecule has 0 N–H and O–H groups in total. The quantitative estimate of drug-likeness (QED) is 0.569. The van der Waals surface area contributed by atoms with Crippen molar-refractivity contribution in [2.24, 2.45) is 0 Å². The van der Waals surface area contributed by atoms with Crippen molar-refractivity contribution >= 4 is 11.0 Å². The number of aromatic nitrogens is 5. The summed E-state index contributed by atoms with van der Waals surface area (Å²) in [4.78, 5) is 8.52. The standard InChI is InChI=1S/C16H10FN5/c17-12-2-4-13(5-3-12)22-10-16(20-21-22)11-1-6-14-15(9-11)19-8-7-18-14/h1-10H. The smallest absolute Gasteiger partial charge is 0.123 e. The van der Waals surface area contributed by atoms with Crippen LogP contribution < -0.4 is 0 Å². The van der Waals surface area contributed by atoms with Gasteiger partial charge in [-0.3, -0.25) is 9.97 Å². The van der Waals surface area contributed by atoms with Crippen molar-refractivity contribution in [3.05, 3.63) is 66.9 Å². The molecule has 0 saturated heterocycles. The molecule has 2 aromatic carbocycles. The summed E-state index contributed by atoms with van der Waals surface area (Å²) < 4.78 is 14.6. The van der Waals surface area contributed by atoms with E-state index in [1.807, 2.05) is 18.2 Å². The molecular formula is C16H10FN5. The monoisotopic (exact) mass is 291 g/mol. The first-order valence-electron chi connectivity index (χ1n) is 6.69. The van der Waals surface area contributed by atoms with Gasteiger partial charge in [0.15, 0.2) is 0 Å². The summed E-state index contributed by atoms with van der Waals surface area (Å²) in [5.41, 5.74) is 4.01. The second-order valence-corrected chi connectivity index (χ2v) is 4.78. The fourth-order valence-electron chi connectivity index (χ4n) is 2.24. The number of halogens is 1. The third kappa shape index (κ3) is 2.20. The largest absolute Gasteiger partial charge is 0.253 e. The van der Waals surface area contributed by atoms with E-state index in [2.05, 4.69) is 20.3 Å². The maximum atomic E-state index is 13.0. The third-order valence-electron chi connectivity index (χ3n) is 3.35. The van der Waals surface area contributed by atoms with Gasteiger partial charge in [0, 0.05) is 18.0 Å². The second-order valence-electron chi connectivity index (χ2n) is 4.78. The normalized spacial score (nSPS) is 11.0. The summed E-state index contributed by atoms with van der Waals surface area (Å²) in [5, 5.41) is 8.24. The van der Waals surface area contributed by atoms with E-state index in [4.69, 9.17) is 0 Å². The van der Waals surface area contributed by atoms with Crippen molar-refractivity contribution < 1.29 is 4.39 Å². The highest BCUT2D eigenvalue weighted by molar-refractivity contribution is 5.79. The van der Waals surface area contributed by atoms with E-state index in [0.717, 1.165) is 28.0 Å². The zero-order chi connectivity index (χ0) is 14.9. The topological polar surface area (TPSA) is 56.5 Å². The Morgan fingerprint density at radius 3 is 2.45 bits per heavy atom. The van der Waals surface area contributed by atoms with Crippen LogP contribution in [0.2, 0.25) is 0 Å². The third-order valence-corrected chi connectivity index (χ3v) is 3.35. The Morgan fingerprint density at radius 1 is 0.864 bits per heavy atom. The average molecular weight is 291 g/mol. The van der Waals surface area contributed by atoms with Crippen molar-refractivity contribution in [3.8, 4) is 16.9 Å². The number of rotatable bonds is 2. The molecule has 0 aliphatic heterocycles. The molecule has 6 heteroatoms. The van der Waals surface area contributed by atoms with Gasteiger partial charge in [-0.2, -0.15) is 0 Å². The van der Waals surface area contributed by atoms with Crippen LogP contribution >= 0.6 is 0 Å². The van der Waals surface area contributed by atoms with Gasteiger partial charge in [-0.1, -0.05) is 11.3 Å². The van der Waals surface area contributed by atoms with Crippen LogP contribution in [-0.4, -0.2) is 25.0 Å². The number of benzene rings is 2. The van der Waals surface area contributed by atoms with Gasteiger partial charge in [-0.05, 0) is 36.4 Å². The van der Waals surface area contributed by atoms with E-state index >= 15 is 0 Å². The molecular weight excluding hydrogens is 281 g/mol. The van der Waals surface area contributed by atoms with Gasteiger partial charge in [0.05, 0.1) is 22.9 Å². The zero-order valence-corrected chi connectivity index (χ0v) is 11.4. The zero-order valence-electron chi connectivity index (χ0n) is 11.4. The van der Waals surface area contributed by atoms with Crippen molar-refractivity contribution in [3.63, 3.8) is 0 Å². The van der Waals surface area contributed by atoms with Gasteiger partial charge in [-0.25, -0.2) is 9.07 Å². The maximum Gasteiger partial charge on any atom is 0.123 e. The summed E-state index contributed by atoms with van der Waals surface area (Å²) in [7, 11) is 0. The van der Waals surface area contributed by atoms with Gasteiger partial charge in [0.25, 0.3) is 0 Å². The molecule has 2 aromatic heterocycles. The van der Waals surface area contributed by atoms with Crippen LogP contribution in [0.3, 0.4) is 0 Å². The molecule has 0 radical (unpaired) electrons. The fourth-order valence-corrected chi connectivity index (χ4v) is 2.24. The Labute approximate surface area is 125 Å². The predicted octanol–water partition coefficient (Wildman–Crippen LogP) is 3.02. The molecule has 0 saturated carbocycles. The molecule has 4 rings (SSSR count). The van der Waals surface area contributed by atoms with Crippen molar-refractivity contribution in [2.75, 3.05) is 0 Å². The number of hydrogen-bond acceptors (Lipinski definition) is 4. The van der Waals surface area contributed by atoms with E-state index in [1.165, 1.54) is 12.1 Å². The Balaban J connectivity index is 1.74. The molecule has 0 aliphatic rings. The molecule has 0 atom stereocenters. The summed E-state index contributed by atoms with van der Waals surface area (Å²) in [6.07, 6.45) is 5.11. The summed E-state index contributed by atoms with van der Waals surface area (Å²) >= 11 is 0. The first-order chi connectivity index (χ1) is 10.8. The highest BCUT2D eigenvalue weighted by Gasteiger charge is 2.07. The summed E-state index contributed by atoms with van der Waals surface area (Å²) in [6, 6.07) is 11.8. The van der Waals surface area contributed by atoms with Crippen LogP contribution in [0.4, 0.5) is 4.39 Å². The fraction of sp³-hybridized carbons (Fsp3) is 0. The minimum absolute atomic E-state index is 0.280. The number of fused-ring (bicyclic) bond motifs is 1. The molecule has 0 spiro atoms. The lowest BCUT2D eigenvalue weighted by atomic mass is 10.1. The van der Waals surface area contributed by atoms with Gasteiger partial charge >= 0.3 is 0 Å². The number of nitrogens with zero attached hydrogens (tertiary/aromatic N) is 5. The van der Waals surface area contributed by atoms with Crippen LogP contribution in [0.15, 0.2) is 61.1 Å². The van der Waals surface area contributed by atoms with E-state index in [-0.39, 0.29) is 5.82 Å². The Hall–Kier alpha value is -3.15. The predicted molar refractivity (Wildman–Crippen MR) is 79.8 cm³/mol. The lowest BCUT2D eigenvalue weighted by Crippen LogP contribution is -1.94. The lowest BCUT2D eigenvalue weighted by molar-refractivity contribution is 0.626. The molecule has 106 valence electrons.